The van der Waals surface area contributed by atoms with Gasteiger partial charge >= 0.3 is 0 Å². The summed E-state index contributed by atoms with van der Waals surface area (Å²) in [5.74, 6) is 0. The second-order valence-corrected chi connectivity index (χ2v) is 4.92. The van der Waals surface area contributed by atoms with Crippen LogP contribution < -0.4 is 5.32 Å². The van der Waals surface area contributed by atoms with Gasteiger partial charge in [0.1, 0.15) is 0 Å². The van der Waals surface area contributed by atoms with Gasteiger partial charge in [0.05, 0.1) is 5.69 Å². The van der Waals surface area contributed by atoms with Crippen LogP contribution in [0.15, 0.2) is 24.5 Å². The maximum absolute atomic E-state index is 4.46. The minimum Gasteiger partial charge on any atom is -0.350 e. The summed E-state index contributed by atoms with van der Waals surface area (Å²) in [6, 6.07) is 4.31. The third-order valence-electron chi connectivity index (χ3n) is 3.34. The van der Waals surface area contributed by atoms with Crippen molar-refractivity contribution < 1.29 is 0 Å². The largest absolute Gasteiger partial charge is 0.350 e. The Morgan fingerprint density at radius 1 is 1.26 bits per heavy atom. The lowest BCUT2D eigenvalue weighted by molar-refractivity contribution is 0.601. The molecule has 0 unspecified atom stereocenters. The van der Waals surface area contributed by atoms with Gasteiger partial charge in [-0.15, -0.1) is 0 Å². The Morgan fingerprint density at radius 2 is 2.11 bits per heavy atom. The minimum atomic E-state index is 0.883. The highest BCUT2D eigenvalue weighted by Gasteiger charge is 2.06. The molecule has 0 amide bonds. The molecule has 0 aliphatic rings. The minimum absolute atomic E-state index is 0.883. The molecule has 2 aromatic rings. The normalized spacial score (nSPS) is 11.1. The molecule has 0 aliphatic heterocycles. The lowest BCUT2D eigenvalue weighted by Crippen LogP contribution is -2.16. The van der Waals surface area contributed by atoms with Crippen molar-refractivity contribution in [1.82, 2.24) is 19.7 Å². The van der Waals surface area contributed by atoms with Crippen LogP contribution in [-0.2, 0) is 33.1 Å². The molecule has 4 nitrogen and oxygen atoms in total. The first-order valence-corrected chi connectivity index (χ1v) is 7.10. The van der Waals surface area contributed by atoms with Gasteiger partial charge < -0.3 is 9.88 Å². The van der Waals surface area contributed by atoms with E-state index in [4.69, 9.17) is 0 Å². The Bertz CT molecular complexity index is 510. The summed E-state index contributed by atoms with van der Waals surface area (Å²) in [6.07, 6.45) is 6.42. The molecule has 0 fully saturated rings. The molecule has 0 saturated carbocycles. The van der Waals surface area contributed by atoms with E-state index in [9.17, 15) is 0 Å². The first-order valence-electron chi connectivity index (χ1n) is 7.10. The van der Waals surface area contributed by atoms with Gasteiger partial charge in [-0.2, -0.15) is 5.10 Å². The van der Waals surface area contributed by atoms with Gasteiger partial charge in [0, 0.05) is 50.3 Å². The number of aryl methyl sites for hydroxylation is 3. The van der Waals surface area contributed by atoms with Crippen molar-refractivity contribution in [2.75, 3.05) is 0 Å². The highest BCUT2D eigenvalue weighted by Crippen LogP contribution is 2.08. The van der Waals surface area contributed by atoms with Crippen molar-refractivity contribution in [3.05, 3.63) is 41.5 Å². The van der Waals surface area contributed by atoms with E-state index in [1.165, 1.54) is 23.4 Å². The lowest BCUT2D eigenvalue weighted by atomic mass is 10.2. The molecular formula is C15H24N4. The van der Waals surface area contributed by atoms with E-state index in [2.05, 4.69) is 53.4 Å². The first kappa shape index (κ1) is 13.9. The zero-order chi connectivity index (χ0) is 13.7. The van der Waals surface area contributed by atoms with Crippen molar-refractivity contribution in [2.24, 2.45) is 7.05 Å². The molecule has 0 radical (unpaired) electrons. The van der Waals surface area contributed by atoms with Crippen LogP contribution in [0.3, 0.4) is 0 Å². The third-order valence-corrected chi connectivity index (χ3v) is 3.34. The highest BCUT2D eigenvalue weighted by molar-refractivity contribution is 5.17. The maximum atomic E-state index is 4.46. The van der Waals surface area contributed by atoms with Crippen LogP contribution in [0.1, 0.15) is 37.2 Å². The second kappa shape index (κ2) is 6.57. The fraction of sp³-hybridized carbons (Fsp3) is 0.533. The summed E-state index contributed by atoms with van der Waals surface area (Å²) in [4.78, 5) is 0. The molecule has 0 aliphatic carbocycles. The standard InChI is InChI=1S/C15H24N4/c1-4-8-19-9-6-7-14(19)11-16-10-13-12-18(3)17-15(13)5-2/h6-7,9,12,16H,4-5,8,10-11H2,1-3H3. The Labute approximate surface area is 115 Å². The van der Waals surface area contributed by atoms with E-state index in [-0.39, 0.29) is 0 Å². The van der Waals surface area contributed by atoms with Crippen molar-refractivity contribution in [1.29, 1.82) is 0 Å². The van der Waals surface area contributed by atoms with Crippen LogP contribution in [0.4, 0.5) is 0 Å². The van der Waals surface area contributed by atoms with Crippen molar-refractivity contribution in [2.45, 2.75) is 46.3 Å². The van der Waals surface area contributed by atoms with Gasteiger partial charge in [-0.25, -0.2) is 0 Å². The number of nitrogens with zero attached hydrogens (tertiary/aromatic N) is 3. The summed E-state index contributed by atoms with van der Waals surface area (Å²) in [6.45, 7) is 7.25. The van der Waals surface area contributed by atoms with Crippen LogP contribution in [0.5, 0.6) is 0 Å². The quantitative estimate of drug-likeness (QED) is 0.830. The number of nitrogens with one attached hydrogen (secondary N) is 1. The van der Waals surface area contributed by atoms with Crippen LogP contribution in [-0.4, -0.2) is 14.3 Å². The molecule has 4 heteroatoms. The van der Waals surface area contributed by atoms with Gasteiger partial charge in [-0.3, -0.25) is 4.68 Å². The van der Waals surface area contributed by atoms with E-state index in [1.807, 2.05) is 11.7 Å². The summed E-state index contributed by atoms with van der Waals surface area (Å²) in [5.41, 5.74) is 3.85. The summed E-state index contributed by atoms with van der Waals surface area (Å²) in [5, 5.41) is 7.98. The number of rotatable bonds is 7. The molecular weight excluding hydrogens is 236 g/mol. The van der Waals surface area contributed by atoms with E-state index >= 15 is 0 Å². The fourth-order valence-electron chi connectivity index (χ4n) is 2.42. The molecule has 1 N–H and O–H groups in total. The first-order chi connectivity index (χ1) is 9.24. The number of hydrogen-bond acceptors (Lipinski definition) is 2. The molecule has 0 aromatic carbocycles. The van der Waals surface area contributed by atoms with Crippen molar-refractivity contribution in [3.8, 4) is 0 Å². The topological polar surface area (TPSA) is 34.8 Å². The lowest BCUT2D eigenvalue weighted by Gasteiger charge is -2.09. The van der Waals surface area contributed by atoms with E-state index in [0.29, 0.717) is 0 Å². The third kappa shape index (κ3) is 3.47. The van der Waals surface area contributed by atoms with E-state index < -0.39 is 0 Å². The fourth-order valence-corrected chi connectivity index (χ4v) is 2.42. The molecule has 19 heavy (non-hydrogen) atoms. The zero-order valence-electron chi connectivity index (χ0n) is 12.2. The molecule has 0 spiro atoms. The predicted molar refractivity (Wildman–Crippen MR) is 77.9 cm³/mol. The molecule has 2 heterocycles. The van der Waals surface area contributed by atoms with Crippen LogP contribution in [0.2, 0.25) is 0 Å². The van der Waals surface area contributed by atoms with Crippen molar-refractivity contribution in [3.63, 3.8) is 0 Å². The van der Waals surface area contributed by atoms with Crippen molar-refractivity contribution >= 4 is 0 Å². The Balaban J connectivity index is 1.90. The summed E-state index contributed by atoms with van der Waals surface area (Å²) >= 11 is 0. The number of hydrogen-bond donors (Lipinski definition) is 1. The average Bonchev–Trinajstić information content (AvgIpc) is 2.97. The summed E-state index contributed by atoms with van der Waals surface area (Å²) < 4.78 is 4.21. The summed E-state index contributed by atoms with van der Waals surface area (Å²) in [7, 11) is 1.98. The molecule has 0 saturated heterocycles. The van der Waals surface area contributed by atoms with Crippen LogP contribution in [0, 0.1) is 0 Å². The SMILES string of the molecule is CCCn1cccc1CNCc1cn(C)nc1CC. The smallest absolute Gasteiger partial charge is 0.0666 e. The maximum Gasteiger partial charge on any atom is 0.0666 e. The van der Waals surface area contributed by atoms with E-state index in [0.717, 1.165) is 26.1 Å². The monoisotopic (exact) mass is 260 g/mol. The van der Waals surface area contributed by atoms with Crippen LogP contribution in [0.25, 0.3) is 0 Å². The van der Waals surface area contributed by atoms with E-state index in [1.54, 1.807) is 0 Å². The average molecular weight is 260 g/mol. The Hall–Kier alpha value is -1.55. The number of aromatic nitrogens is 3. The zero-order valence-corrected chi connectivity index (χ0v) is 12.2. The highest BCUT2D eigenvalue weighted by atomic mass is 15.3. The molecule has 2 aromatic heterocycles. The van der Waals surface area contributed by atoms with Gasteiger partial charge in [0.15, 0.2) is 0 Å². The molecule has 2 rings (SSSR count). The van der Waals surface area contributed by atoms with Crippen LogP contribution >= 0.6 is 0 Å². The van der Waals surface area contributed by atoms with Gasteiger partial charge in [-0.05, 0) is 25.0 Å². The molecule has 0 bridgehead atoms. The second-order valence-electron chi connectivity index (χ2n) is 4.92. The van der Waals surface area contributed by atoms with Gasteiger partial charge in [0.2, 0.25) is 0 Å². The molecule has 0 atom stereocenters. The van der Waals surface area contributed by atoms with Gasteiger partial charge in [-0.1, -0.05) is 13.8 Å². The Morgan fingerprint density at radius 3 is 2.84 bits per heavy atom. The Kier molecular flexibility index (Phi) is 4.80. The van der Waals surface area contributed by atoms with Gasteiger partial charge in [0.25, 0.3) is 0 Å². The predicted octanol–water partition coefficient (Wildman–Crippen LogP) is 2.48. The molecule has 104 valence electrons.